The zero-order valence-corrected chi connectivity index (χ0v) is 5.64. The second kappa shape index (κ2) is 6.35. The fourth-order valence-electron chi connectivity index (χ4n) is 0.525. The summed E-state index contributed by atoms with van der Waals surface area (Å²) in [5, 5.41) is 20.3. The Morgan fingerprint density at radius 3 is 2.40 bits per heavy atom. The van der Waals surface area contributed by atoms with E-state index in [9.17, 15) is 0 Å². The first-order chi connectivity index (χ1) is 4.85. The fraction of sp³-hybridized carbons (Fsp3) is 1.00. The van der Waals surface area contributed by atoms with Gasteiger partial charge in [0.25, 0.3) is 0 Å². The Bertz CT molecular complexity index is 118. The molecular weight excluding hydrogens is 134 g/mol. The van der Waals surface area contributed by atoms with Gasteiger partial charge in [0.1, 0.15) is 0 Å². The van der Waals surface area contributed by atoms with Crippen molar-refractivity contribution in [2.24, 2.45) is 11.0 Å². The van der Waals surface area contributed by atoms with E-state index >= 15 is 0 Å². The quantitative estimate of drug-likeness (QED) is 0.330. The lowest BCUT2D eigenvalue weighted by molar-refractivity contribution is 0.145. The highest BCUT2D eigenvalue weighted by Gasteiger charge is 2.02. The second-order valence-corrected chi connectivity index (χ2v) is 1.97. The smallest absolute Gasteiger partial charge is 0.0481 e. The van der Waals surface area contributed by atoms with Gasteiger partial charge in [0, 0.05) is 30.6 Å². The third-order valence-electron chi connectivity index (χ3n) is 1.22. The molecule has 0 aromatic heterocycles. The molecule has 0 unspecified atom stereocenters. The Kier molecular flexibility index (Phi) is 5.86. The fourth-order valence-corrected chi connectivity index (χ4v) is 0.525. The van der Waals surface area contributed by atoms with E-state index in [0.29, 0.717) is 13.0 Å². The third kappa shape index (κ3) is 4.14. The molecule has 0 aliphatic rings. The predicted octanol–water partition coefficient (Wildman–Crippen LogP) is 0.288. The lowest BCUT2D eigenvalue weighted by Gasteiger charge is -2.06. The molecule has 0 bridgehead atoms. The number of rotatable bonds is 5. The van der Waals surface area contributed by atoms with Crippen LogP contribution in [0.5, 0.6) is 0 Å². The van der Waals surface area contributed by atoms with Gasteiger partial charge in [-0.2, -0.15) is 0 Å². The molecule has 0 rings (SSSR count). The van der Waals surface area contributed by atoms with E-state index in [1.165, 1.54) is 0 Å². The standard InChI is InChI=1S/C5H11N3O2/c6-8-7-2-1-5(3-9)4-10/h5,9-10H,1-4H2. The van der Waals surface area contributed by atoms with Gasteiger partial charge in [0.2, 0.25) is 0 Å². The van der Waals surface area contributed by atoms with Crippen LogP contribution >= 0.6 is 0 Å². The summed E-state index contributed by atoms with van der Waals surface area (Å²) < 4.78 is 0. The molecule has 0 aliphatic heterocycles. The normalized spacial score (nSPS) is 9.50. The molecule has 0 heterocycles. The maximum atomic E-state index is 8.53. The Morgan fingerprint density at radius 2 is 2.00 bits per heavy atom. The van der Waals surface area contributed by atoms with Gasteiger partial charge >= 0.3 is 0 Å². The number of azide groups is 1. The first-order valence-corrected chi connectivity index (χ1v) is 3.07. The Morgan fingerprint density at radius 1 is 1.40 bits per heavy atom. The van der Waals surface area contributed by atoms with E-state index < -0.39 is 0 Å². The SMILES string of the molecule is [N-]=[N+]=NCCC(CO)CO. The largest absolute Gasteiger partial charge is 0.396 e. The first-order valence-electron chi connectivity index (χ1n) is 3.07. The summed E-state index contributed by atoms with van der Waals surface area (Å²) in [6, 6.07) is 0. The summed E-state index contributed by atoms with van der Waals surface area (Å²) in [5.74, 6) is -0.148. The molecule has 0 saturated carbocycles. The van der Waals surface area contributed by atoms with Crippen LogP contribution in [0.4, 0.5) is 0 Å². The Labute approximate surface area is 58.9 Å². The van der Waals surface area contributed by atoms with E-state index in [-0.39, 0.29) is 19.1 Å². The van der Waals surface area contributed by atoms with Crippen molar-refractivity contribution in [1.82, 2.24) is 0 Å². The number of nitrogens with zero attached hydrogens (tertiary/aromatic N) is 3. The van der Waals surface area contributed by atoms with Gasteiger partial charge in [0.15, 0.2) is 0 Å². The van der Waals surface area contributed by atoms with E-state index in [2.05, 4.69) is 10.0 Å². The number of aliphatic hydroxyl groups is 2. The van der Waals surface area contributed by atoms with Gasteiger partial charge in [-0.3, -0.25) is 0 Å². The average Bonchev–Trinajstić information content (AvgIpc) is 1.99. The summed E-state index contributed by atoms with van der Waals surface area (Å²) in [7, 11) is 0. The summed E-state index contributed by atoms with van der Waals surface area (Å²) in [6.45, 7) is 0.219. The monoisotopic (exact) mass is 145 g/mol. The topological polar surface area (TPSA) is 89.2 Å². The van der Waals surface area contributed by atoms with Crippen LogP contribution in [0.15, 0.2) is 5.11 Å². The third-order valence-corrected chi connectivity index (χ3v) is 1.22. The van der Waals surface area contributed by atoms with Gasteiger partial charge in [-0.25, -0.2) is 0 Å². The van der Waals surface area contributed by atoms with Crippen molar-refractivity contribution in [2.45, 2.75) is 6.42 Å². The summed E-state index contributed by atoms with van der Waals surface area (Å²) >= 11 is 0. The number of hydrogen-bond donors (Lipinski definition) is 2. The Balaban J connectivity index is 3.34. The molecule has 0 radical (unpaired) electrons. The van der Waals surface area contributed by atoms with Crippen molar-refractivity contribution >= 4 is 0 Å². The maximum absolute atomic E-state index is 8.53. The van der Waals surface area contributed by atoms with Crippen molar-refractivity contribution in [3.05, 3.63) is 10.4 Å². The van der Waals surface area contributed by atoms with Crippen LogP contribution in [0, 0.1) is 5.92 Å². The molecule has 0 saturated heterocycles. The molecule has 58 valence electrons. The van der Waals surface area contributed by atoms with Gasteiger partial charge in [-0.05, 0) is 12.0 Å². The molecule has 0 fully saturated rings. The molecule has 2 N–H and O–H groups in total. The zero-order chi connectivity index (χ0) is 7.82. The molecule has 5 nitrogen and oxygen atoms in total. The van der Waals surface area contributed by atoms with Crippen LogP contribution < -0.4 is 0 Å². The van der Waals surface area contributed by atoms with Crippen LogP contribution in [-0.2, 0) is 0 Å². The zero-order valence-electron chi connectivity index (χ0n) is 5.64. The van der Waals surface area contributed by atoms with Gasteiger partial charge < -0.3 is 10.2 Å². The highest BCUT2D eigenvalue weighted by atomic mass is 16.3. The minimum absolute atomic E-state index is 0.0581. The maximum Gasteiger partial charge on any atom is 0.0481 e. The second-order valence-electron chi connectivity index (χ2n) is 1.97. The molecule has 0 atom stereocenters. The molecule has 0 aliphatic carbocycles. The molecule has 0 amide bonds. The van der Waals surface area contributed by atoms with Crippen LogP contribution in [-0.4, -0.2) is 30.0 Å². The van der Waals surface area contributed by atoms with Crippen LogP contribution in [0.25, 0.3) is 10.4 Å². The highest BCUT2D eigenvalue weighted by molar-refractivity contribution is 4.57. The van der Waals surface area contributed by atoms with Crippen molar-refractivity contribution < 1.29 is 10.2 Å². The lowest BCUT2D eigenvalue weighted by atomic mass is 10.1. The van der Waals surface area contributed by atoms with E-state index in [1.807, 2.05) is 0 Å². The molecule has 0 aromatic carbocycles. The first kappa shape index (κ1) is 9.23. The summed E-state index contributed by atoms with van der Waals surface area (Å²) in [6.07, 6.45) is 0.539. The van der Waals surface area contributed by atoms with Gasteiger partial charge in [0.05, 0.1) is 0 Å². The van der Waals surface area contributed by atoms with Crippen molar-refractivity contribution in [2.75, 3.05) is 19.8 Å². The van der Waals surface area contributed by atoms with Gasteiger partial charge in [-0.15, -0.1) is 0 Å². The van der Waals surface area contributed by atoms with Gasteiger partial charge in [-0.1, -0.05) is 5.11 Å². The highest BCUT2D eigenvalue weighted by Crippen LogP contribution is 1.99. The minimum atomic E-state index is -0.148. The predicted molar refractivity (Wildman–Crippen MR) is 36.3 cm³/mol. The van der Waals surface area contributed by atoms with E-state index in [1.54, 1.807) is 0 Å². The van der Waals surface area contributed by atoms with E-state index in [0.717, 1.165) is 0 Å². The van der Waals surface area contributed by atoms with Crippen molar-refractivity contribution in [1.29, 1.82) is 0 Å². The molecule has 0 aromatic rings. The molecule has 5 heteroatoms. The van der Waals surface area contributed by atoms with Crippen molar-refractivity contribution in [3.63, 3.8) is 0 Å². The minimum Gasteiger partial charge on any atom is -0.396 e. The van der Waals surface area contributed by atoms with Crippen LogP contribution in [0.1, 0.15) is 6.42 Å². The lowest BCUT2D eigenvalue weighted by Crippen LogP contribution is -2.11. The number of aliphatic hydroxyl groups excluding tert-OH is 2. The van der Waals surface area contributed by atoms with E-state index in [4.69, 9.17) is 15.7 Å². The molecule has 0 spiro atoms. The number of hydrogen-bond acceptors (Lipinski definition) is 3. The van der Waals surface area contributed by atoms with Crippen molar-refractivity contribution in [3.8, 4) is 0 Å². The summed E-state index contributed by atoms with van der Waals surface area (Å²) in [4.78, 5) is 2.54. The summed E-state index contributed by atoms with van der Waals surface area (Å²) in [5.41, 5.74) is 7.86. The molecule has 10 heavy (non-hydrogen) atoms. The Hall–Kier alpha value is -0.770. The average molecular weight is 145 g/mol. The van der Waals surface area contributed by atoms with Crippen LogP contribution in [0.3, 0.4) is 0 Å². The van der Waals surface area contributed by atoms with Crippen LogP contribution in [0.2, 0.25) is 0 Å². The molecular formula is C5H11N3O2.